The number of rotatable bonds is 2. The van der Waals surface area contributed by atoms with E-state index in [0.29, 0.717) is 5.69 Å². The van der Waals surface area contributed by atoms with Gasteiger partial charge in [0, 0.05) is 25.3 Å². The van der Waals surface area contributed by atoms with E-state index in [9.17, 15) is 4.79 Å². The number of carbonyl (C=O) groups is 1. The van der Waals surface area contributed by atoms with Crippen LogP contribution >= 0.6 is 0 Å². The zero-order valence-electron chi connectivity index (χ0n) is 11.8. The van der Waals surface area contributed by atoms with Crippen LogP contribution in [0.4, 0.5) is 5.95 Å². The maximum Gasteiger partial charge on any atom is 0.271 e. The van der Waals surface area contributed by atoms with Crippen molar-refractivity contribution in [2.45, 2.75) is 31.8 Å². The van der Waals surface area contributed by atoms with E-state index in [1.807, 2.05) is 10.8 Å². The molecule has 0 spiro atoms. The van der Waals surface area contributed by atoms with Crippen LogP contribution in [0.1, 0.15) is 28.0 Å². The SMILES string of the molecule is O=C(NC1Cc2ccccc2C1)c1cn2c(n1)NCCC2. The van der Waals surface area contributed by atoms with Crippen LogP contribution < -0.4 is 10.6 Å². The maximum absolute atomic E-state index is 12.4. The Hall–Kier alpha value is -2.30. The molecule has 21 heavy (non-hydrogen) atoms. The van der Waals surface area contributed by atoms with Gasteiger partial charge in [-0.1, -0.05) is 24.3 Å². The van der Waals surface area contributed by atoms with Crippen molar-refractivity contribution in [2.24, 2.45) is 0 Å². The van der Waals surface area contributed by atoms with Crippen LogP contribution in [0, 0.1) is 0 Å². The van der Waals surface area contributed by atoms with Crippen LogP contribution in [0.2, 0.25) is 0 Å². The Morgan fingerprint density at radius 1 is 1.29 bits per heavy atom. The topological polar surface area (TPSA) is 59.0 Å². The highest BCUT2D eigenvalue weighted by molar-refractivity contribution is 5.92. The molecule has 1 aromatic carbocycles. The Labute approximate surface area is 123 Å². The van der Waals surface area contributed by atoms with Gasteiger partial charge in [0.15, 0.2) is 0 Å². The minimum Gasteiger partial charge on any atom is -0.356 e. The molecule has 1 amide bonds. The van der Waals surface area contributed by atoms with Gasteiger partial charge in [-0.3, -0.25) is 4.79 Å². The molecule has 0 saturated carbocycles. The molecule has 5 nitrogen and oxygen atoms in total. The minimum atomic E-state index is -0.0727. The van der Waals surface area contributed by atoms with Crippen molar-refractivity contribution in [3.8, 4) is 0 Å². The molecule has 5 heteroatoms. The fourth-order valence-electron chi connectivity index (χ4n) is 3.21. The summed E-state index contributed by atoms with van der Waals surface area (Å²) in [5.41, 5.74) is 3.19. The van der Waals surface area contributed by atoms with Crippen LogP contribution in [0.15, 0.2) is 30.5 Å². The number of aromatic nitrogens is 2. The smallest absolute Gasteiger partial charge is 0.271 e. The Morgan fingerprint density at radius 3 is 2.76 bits per heavy atom. The summed E-state index contributed by atoms with van der Waals surface area (Å²) in [7, 11) is 0. The number of nitrogens with zero attached hydrogens (tertiary/aromatic N) is 2. The first-order chi connectivity index (χ1) is 10.3. The summed E-state index contributed by atoms with van der Waals surface area (Å²) in [4.78, 5) is 16.7. The van der Waals surface area contributed by atoms with E-state index >= 15 is 0 Å². The molecule has 1 aliphatic heterocycles. The van der Waals surface area contributed by atoms with Crippen molar-refractivity contribution in [2.75, 3.05) is 11.9 Å². The highest BCUT2D eigenvalue weighted by atomic mass is 16.2. The summed E-state index contributed by atoms with van der Waals surface area (Å²) in [6.07, 6.45) is 4.74. The van der Waals surface area contributed by atoms with Crippen molar-refractivity contribution < 1.29 is 4.79 Å². The molecule has 1 aliphatic carbocycles. The average molecular weight is 282 g/mol. The van der Waals surface area contributed by atoms with Gasteiger partial charge in [0.2, 0.25) is 5.95 Å². The molecule has 0 radical (unpaired) electrons. The predicted molar refractivity (Wildman–Crippen MR) is 80.4 cm³/mol. The van der Waals surface area contributed by atoms with Crippen molar-refractivity contribution >= 4 is 11.9 Å². The van der Waals surface area contributed by atoms with E-state index in [0.717, 1.165) is 38.3 Å². The van der Waals surface area contributed by atoms with Crippen LogP contribution in [0.5, 0.6) is 0 Å². The van der Waals surface area contributed by atoms with Crippen LogP contribution in [-0.2, 0) is 19.4 Å². The number of hydrogen-bond donors (Lipinski definition) is 2. The molecule has 0 bridgehead atoms. The molecule has 2 N–H and O–H groups in total. The summed E-state index contributed by atoms with van der Waals surface area (Å²) in [6, 6.07) is 8.57. The Kier molecular flexibility index (Phi) is 2.91. The molecule has 4 rings (SSSR count). The van der Waals surface area contributed by atoms with Gasteiger partial charge in [-0.15, -0.1) is 0 Å². The third kappa shape index (κ3) is 2.28. The minimum absolute atomic E-state index is 0.0727. The van der Waals surface area contributed by atoms with Crippen LogP contribution in [0.25, 0.3) is 0 Å². The summed E-state index contributed by atoms with van der Waals surface area (Å²) in [5.74, 6) is 0.734. The van der Waals surface area contributed by atoms with Gasteiger partial charge in [0.1, 0.15) is 5.69 Å². The summed E-state index contributed by atoms with van der Waals surface area (Å²) in [6.45, 7) is 1.85. The summed E-state index contributed by atoms with van der Waals surface area (Å²) >= 11 is 0. The number of aryl methyl sites for hydroxylation is 1. The normalized spacial score (nSPS) is 17.0. The second kappa shape index (κ2) is 4.91. The van der Waals surface area contributed by atoms with Crippen LogP contribution in [-0.4, -0.2) is 28.0 Å². The van der Waals surface area contributed by atoms with Gasteiger partial charge >= 0.3 is 0 Å². The lowest BCUT2D eigenvalue weighted by Gasteiger charge is -2.14. The molecule has 2 aromatic rings. The van der Waals surface area contributed by atoms with E-state index in [1.54, 1.807) is 0 Å². The average Bonchev–Trinajstić information content (AvgIpc) is 3.10. The third-order valence-corrected chi connectivity index (χ3v) is 4.25. The summed E-state index contributed by atoms with van der Waals surface area (Å²) < 4.78 is 2.02. The lowest BCUT2D eigenvalue weighted by atomic mass is 10.1. The van der Waals surface area contributed by atoms with E-state index in [-0.39, 0.29) is 11.9 Å². The van der Waals surface area contributed by atoms with Gasteiger partial charge in [-0.2, -0.15) is 0 Å². The molecule has 2 aliphatic rings. The summed E-state index contributed by atoms with van der Waals surface area (Å²) in [5, 5.41) is 6.33. The first kappa shape index (κ1) is 12.4. The lowest BCUT2D eigenvalue weighted by molar-refractivity contribution is 0.0934. The van der Waals surface area contributed by atoms with Gasteiger partial charge in [0.05, 0.1) is 0 Å². The Balaban J connectivity index is 1.46. The fraction of sp³-hybridized carbons (Fsp3) is 0.375. The van der Waals surface area contributed by atoms with Gasteiger partial charge in [0.25, 0.3) is 5.91 Å². The highest BCUT2D eigenvalue weighted by Crippen LogP contribution is 2.22. The first-order valence-corrected chi connectivity index (χ1v) is 7.48. The van der Waals surface area contributed by atoms with Crippen molar-refractivity contribution in [1.82, 2.24) is 14.9 Å². The number of anilines is 1. The molecular formula is C16H18N4O. The molecule has 1 aromatic heterocycles. The van der Waals surface area contributed by atoms with Crippen molar-refractivity contribution in [3.63, 3.8) is 0 Å². The number of carbonyl (C=O) groups excluding carboxylic acids is 1. The van der Waals surface area contributed by atoms with Gasteiger partial charge < -0.3 is 15.2 Å². The van der Waals surface area contributed by atoms with Gasteiger partial charge in [-0.25, -0.2) is 4.98 Å². The largest absolute Gasteiger partial charge is 0.356 e. The Bertz CT molecular complexity index is 643. The van der Waals surface area contributed by atoms with E-state index in [2.05, 4.69) is 39.9 Å². The second-order valence-electron chi connectivity index (χ2n) is 5.77. The highest BCUT2D eigenvalue weighted by Gasteiger charge is 2.24. The standard InChI is InChI=1S/C16H18N4O/c21-15(14-10-20-7-3-6-17-16(20)19-14)18-13-8-11-4-1-2-5-12(11)9-13/h1-2,4-5,10,13H,3,6-9H2,(H,17,19)(H,18,21). The predicted octanol–water partition coefficient (Wildman–Crippen LogP) is 1.60. The lowest BCUT2D eigenvalue weighted by Crippen LogP contribution is -2.35. The number of fused-ring (bicyclic) bond motifs is 2. The zero-order valence-corrected chi connectivity index (χ0v) is 11.8. The number of nitrogens with one attached hydrogen (secondary N) is 2. The van der Waals surface area contributed by atoms with Gasteiger partial charge in [-0.05, 0) is 30.4 Å². The monoisotopic (exact) mass is 282 g/mol. The molecule has 2 heterocycles. The molecule has 0 fully saturated rings. The molecular weight excluding hydrogens is 264 g/mol. The third-order valence-electron chi connectivity index (χ3n) is 4.25. The number of imidazole rings is 1. The molecule has 108 valence electrons. The Morgan fingerprint density at radius 2 is 2.05 bits per heavy atom. The molecule has 0 saturated heterocycles. The molecule has 0 unspecified atom stereocenters. The first-order valence-electron chi connectivity index (χ1n) is 7.48. The quantitative estimate of drug-likeness (QED) is 0.879. The van der Waals surface area contributed by atoms with Crippen LogP contribution in [0.3, 0.4) is 0 Å². The van der Waals surface area contributed by atoms with Crippen molar-refractivity contribution in [1.29, 1.82) is 0 Å². The second-order valence-corrected chi connectivity index (χ2v) is 5.77. The number of hydrogen-bond acceptors (Lipinski definition) is 3. The van der Waals surface area contributed by atoms with Crippen molar-refractivity contribution in [3.05, 3.63) is 47.3 Å². The molecule has 0 atom stereocenters. The van der Waals surface area contributed by atoms with E-state index in [1.165, 1.54) is 11.1 Å². The number of amides is 1. The van der Waals surface area contributed by atoms with E-state index in [4.69, 9.17) is 0 Å². The van der Waals surface area contributed by atoms with E-state index < -0.39 is 0 Å². The fourth-order valence-corrected chi connectivity index (χ4v) is 3.21. The zero-order chi connectivity index (χ0) is 14.2. The number of benzene rings is 1. The maximum atomic E-state index is 12.4.